The van der Waals surface area contributed by atoms with Gasteiger partial charge in [0.25, 0.3) is 10.0 Å². The fraction of sp³-hybridized carbons (Fsp3) is 0.269. The summed E-state index contributed by atoms with van der Waals surface area (Å²) in [6.07, 6.45) is 0. The molecule has 0 saturated carbocycles. The lowest BCUT2D eigenvalue weighted by molar-refractivity contribution is -0.120. The van der Waals surface area contributed by atoms with Crippen LogP contribution in [0, 0.1) is 3.57 Å². The Morgan fingerprint density at radius 2 is 1.52 bits per heavy atom. The first kappa shape index (κ1) is 25.2. The molecule has 0 bridgehead atoms. The highest BCUT2D eigenvalue weighted by Gasteiger charge is 2.27. The molecular weight excluding hydrogens is 547 g/mol. The number of rotatable bonds is 7. The van der Waals surface area contributed by atoms with Gasteiger partial charge >= 0.3 is 0 Å². The van der Waals surface area contributed by atoms with Gasteiger partial charge in [-0.1, -0.05) is 63.2 Å². The average molecular weight is 577 g/mol. The molecular formula is C26H29IN2O3S. The molecule has 0 aliphatic heterocycles. The molecule has 0 aliphatic rings. The Hall–Kier alpha value is -2.39. The summed E-state index contributed by atoms with van der Waals surface area (Å²) >= 11 is 2.16. The Kier molecular flexibility index (Phi) is 7.84. The standard InChI is InChI=1S/C26H29IN2O3S/c1-19(20-10-12-21(13-11-20)26(2,3)4)28-25(30)18-29(23-16-14-22(27)15-17-23)33(31,32)24-8-6-5-7-9-24/h5-17,19H,18H2,1-4H3,(H,28,30)/t19-/m0/s1. The van der Waals surface area contributed by atoms with Crippen LogP contribution in [0.4, 0.5) is 5.69 Å². The molecule has 0 aliphatic carbocycles. The predicted octanol–water partition coefficient (Wildman–Crippen LogP) is 5.66. The van der Waals surface area contributed by atoms with Crippen molar-refractivity contribution >= 4 is 44.2 Å². The van der Waals surface area contributed by atoms with E-state index in [1.165, 1.54) is 17.7 Å². The molecule has 0 radical (unpaired) electrons. The van der Waals surface area contributed by atoms with Crippen molar-refractivity contribution in [3.8, 4) is 0 Å². The minimum Gasteiger partial charge on any atom is -0.348 e. The monoisotopic (exact) mass is 576 g/mol. The van der Waals surface area contributed by atoms with Crippen molar-refractivity contribution in [1.29, 1.82) is 0 Å². The summed E-state index contributed by atoms with van der Waals surface area (Å²) in [5.74, 6) is -0.375. The number of carbonyl (C=O) groups is 1. The van der Waals surface area contributed by atoms with E-state index in [0.717, 1.165) is 13.4 Å². The smallest absolute Gasteiger partial charge is 0.264 e. The van der Waals surface area contributed by atoms with Crippen molar-refractivity contribution in [3.05, 3.63) is 93.6 Å². The minimum absolute atomic E-state index is 0.0464. The summed E-state index contributed by atoms with van der Waals surface area (Å²) in [6, 6.07) is 23.1. The number of hydrogen-bond donors (Lipinski definition) is 1. The van der Waals surface area contributed by atoms with E-state index in [-0.39, 0.29) is 28.8 Å². The summed E-state index contributed by atoms with van der Waals surface area (Å²) in [5, 5.41) is 2.94. The highest BCUT2D eigenvalue weighted by molar-refractivity contribution is 14.1. The summed E-state index contributed by atoms with van der Waals surface area (Å²) in [6.45, 7) is 8.03. The molecule has 1 N–H and O–H groups in total. The normalized spacial score (nSPS) is 12.8. The van der Waals surface area contributed by atoms with Gasteiger partial charge in [-0.25, -0.2) is 8.42 Å². The van der Waals surface area contributed by atoms with Gasteiger partial charge in [0.1, 0.15) is 6.54 Å². The van der Waals surface area contributed by atoms with E-state index in [1.807, 2.05) is 31.2 Å². The molecule has 1 amide bonds. The molecule has 0 heterocycles. The first-order chi connectivity index (χ1) is 15.5. The summed E-state index contributed by atoms with van der Waals surface area (Å²) in [5.41, 5.74) is 2.66. The zero-order valence-electron chi connectivity index (χ0n) is 19.2. The van der Waals surface area contributed by atoms with Crippen LogP contribution in [0.2, 0.25) is 0 Å². The van der Waals surface area contributed by atoms with Gasteiger partial charge in [0.05, 0.1) is 16.6 Å². The maximum absolute atomic E-state index is 13.4. The molecule has 174 valence electrons. The summed E-state index contributed by atoms with van der Waals surface area (Å²) in [4.78, 5) is 13.1. The second kappa shape index (κ2) is 10.3. The lowest BCUT2D eigenvalue weighted by Crippen LogP contribution is -2.41. The topological polar surface area (TPSA) is 66.5 Å². The fourth-order valence-electron chi connectivity index (χ4n) is 3.41. The van der Waals surface area contributed by atoms with Gasteiger partial charge in [0, 0.05) is 3.57 Å². The van der Waals surface area contributed by atoms with Crippen LogP contribution in [0.3, 0.4) is 0 Å². The van der Waals surface area contributed by atoms with E-state index in [4.69, 9.17) is 0 Å². The first-order valence-electron chi connectivity index (χ1n) is 10.7. The Morgan fingerprint density at radius 1 is 0.939 bits per heavy atom. The van der Waals surface area contributed by atoms with Crippen LogP contribution in [0.1, 0.15) is 44.9 Å². The molecule has 3 aromatic rings. The number of nitrogens with zero attached hydrogens (tertiary/aromatic N) is 1. The van der Waals surface area contributed by atoms with Crippen molar-refractivity contribution in [2.45, 2.75) is 44.0 Å². The van der Waals surface area contributed by atoms with E-state index in [9.17, 15) is 13.2 Å². The summed E-state index contributed by atoms with van der Waals surface area (Å²) < 4.78 is 28.9. The molecule has 1 atom stereocenters. The van der Waals surface area contributed by atoms with Crippen LogP contribution < -0.4 is 9.62 Å². The van der Waals surface area contributed by atoms with Crippen LogP contribution >= 0.6 is 22.6 Å². The first-order valence-corrected chi connectivity index (χ1v) is 13.2. The molecule has 33 heavy (non-hydrogen) atoms. The van der Waals surface area contributed by atoms with E-state index >= 15 is 0 Å². The van der Waals surface area contributed by atoms with E-state index in [2.05, 4.69) is 60.8 Å². The Bertz CT molecular complexity index is 1190. The maximum Gasteiger partial charge on any atom is 0.264 e. The molecule has 0 spiro atoms. The van der Waals surface area contributed by atoms with Crippen molar-refractivity contribution in [3.63, 3.8) is 0 Å². The van der Waals surface area contributed by atoms with E-state index < -0.39 is 10.0 Å². The van der Waals surface area contributed by atoms with Gasteiger partial charge < -0.3 is 5.32 Å². The fourth-order valence-corrected chi connectivity index (χ4v) is 5.22. The summed E-state index contributed by atoms with van der Waals surface area (Å²) in [7, 11) is -3.91. The van der Waals surface area contributed by atoms with Gasteiger partial charge in [0.15, 0.2) is 0 Å². The van der Waals surface area contributed by atoms with Gasteiger partial charge in [-0.2, -0.15) is 0 Å². The van der Waals surface area contributed by atoms with Crippen molar-refractivity contribution in [1.82, 2.24) is 5.32 Å². The molecule has 3 aromatic carbocycles. The molecule has 0 fully saturated rings. The van der Waals surface area contributed by atoms with Crippen molar-refractivity contribution in [2.75, 3.05) is 10.8 Å². The number of sulfonamides is 1. The zero-order chi connectivity index (χ0) is 24.2. The third-order valence-corrected chi connectivity index (χ3v) is 7.89. The molecule has 3 rings (SSSR count). The molecule has 0 saturated heterocycles. The quantitative estimate of drug-likeness (QED) is 0.369. The largest absolute Gasteiger partial charge is 0.348 e. The minimum atomic E-state index is -3.91. The highest BCUT2D eigenvalue weighted by atomic mass is 127. The van der Waals surface area contributed by atoms with Crippen molar-refractivity contribution < 1.29 is 13.2 Å². The van der Waals surface area contributed by atoms with Gasteiger partial charge in [0.2, 0.25) is 5.91 Å². The van der Waals surface area contributed by atoms with Crippen LogP contribution in [-0.4, -0.2) is 20.9 Å². The zero-order valence-corrected chi connectivity index (χ0v) is 22.2. The number of amides is 1. The number of halogens is 1. The Labute approximate surface area is 210 Å². The Balaban J connectivity index is 1.82. The highest BCUT2D eigenvalue weighted by Crippen LogP contribution is 2.26. The second-order valence-electron chi connectivity index (χ2n) is 8.96. The second-order valence-corrected chi connectivity index (χ2v) is 12.1. The Morgan fingerprint density at radius 3 is 2.06 bits per heavy atom. The van der Waals surface area contributed by atoms with Crippen molar-refractivity contribution in [2.24, 2.45) is 0 Å². The SMILES string of the molecule is C[C@H](NC(=O)CN(c1ccc(I)cc1)S(=O)(=O)c1ccccc1)c1ccc(C(C)(C)C)cc1. The number of benzene rings is 3. The van der Waals surface area contributed by atoms with Crippen LogP contribution in [-0.2, 0) is 20.2 Å². The third kappa shape index (κ3) is 6.35. The molecule has 0 aromatic heterocycles. The number of carbonyl (C=O) groups excluding carboxylic acids is 1. The number of anilines is 1. The van der Waals surface area contributed by atoms with E-state index in [1.54, 1.807) is 30.3 Å². The number of hydrogen-bond acceptors (Lipinski definition) is 3. The van der Waals surface area contributed by atoms with E-state index in [0.29, 0.717) is 5.69 Å². The lowest BCUT2D eigenvalue weighted by atomic mass is 9.86. The van der Waals surface area contributed by atoms with Gasteiger partial charge in [-0.15, -0.1) is 0 Å². The molecule has 0 unspecified atom stereocenters. The predicted molar refractivity (Wildman–Crippen MR) is 142 cm³/mol. The van der Waals surface area contributed by atoms with Crippen LogP contribution in [0.5, 0.6) is 0 Å². The van der Waals surface area contributed by atoms with Gasteiger partial charge in [-0.05, 0) is 82.5 Å². The molecule has 5 nitrogen and oxygen atoms in total. The average Bonchev–Trinajstić information content (AvgIpc) is 2.78. The number of nitrogens with one attached hydrogen (secondary N) is 1. The lowest BCUT2D eigenvalue weighted by Gasteiger charge is -2.25. The maximum atomic E-state index is 13.4. The van der Waals surface area contributed by atoms with Gasteiger partial charge in [-0.3, -0.25) is 9.10 Å². The molecule has 7 heteroatoms. The van der Waals surface area contributed by atoms with Crippen LogP contribution in [0.15, 0.2) is 83.8 Å². The third-order valence-electron chi connectivity index (χ3n) is 5.39. The van der Waals surface area contributed by atoms with Crippen LogP contribution in [0.25, 0.3) is 0 Å².